The van der Waals surface area contributed by atoms with Crippen molar-refractivity contribution >= 4 is 12.0 Å². The van der Waals surface area contributed by atoms with Gasteiger partial charge in [-0.25, -0.2) is 4.79 Å². The zero-order valence-electron chi connectivity index (χ0n) is 11.1. The third kappa shape index (κ3) is 8.77. The van der Waals surface area contributed by atoms with Crippen molar-refractivity contribution in [1.82, 2.24) is 10.6 Å². The van der Waals surface area contributed by atoms with Crippen LogP contribution in [-0.2, 0) is 14.3 Å². The van der Waals surface area contributed by atoms with Gasteiger partial charge in [-0.15, -0.1) is 0 Å². The topological polar surface area (TPSA) is 96.9 Å². The molecule has 0 aromatic rings. The quantitative estimate of drug-likeness (QED) is 0.551. The zero-order valence-corrected chi connectivity index (χ0v) is 11.1. The summed E-state index contributed by atoms with van der Waals surface area (Å²) in [5.74, 6) is -0.964. The molecule has 7 heteroatoms. The maximum absolute atomic E-state index is 11.4. The van der Waals surface area contributed by atoms with E-state index in [2.05, 4.69) is 10.6 Å². The van der Waals surface area contributed by atoms with E-state index in [0.717, 1.165) is 0 Å². The average Bonchev–Trinajstić information content (AvgIpc) is 2.31. The first-order chi connectivity index (χ1) is 8.49. The first kappa shape index (κ1) is 16.7. The third-order valence-corrected chi connectivity index (χ3v) is 2.23. The molecule has 0 rings (SSSR count). The number of aliphatic carboxylic acids is 1. The van der Waals surface area contributed by atoms with E-state index in [1.807, 2.05) is 13.8 Å². The van der Waals surface area contributed by atoms with E-state index in [0.29, 0.717) is 13.2 Å². The monoisotopic (exact) mass is 262 g/mol. The molecule has 106 valence electrons. The molecule has 7 nitrogen and oxygen atoms in total. The molecule has 2 amide bonds. The Hall–Kier alpha value is -1.34. The summed E-state index contributed by atoms with van der Waals surface area (Å²) in [6, 6.07) is -0.367. The number of methoxy groups -OCH3 is 1. The van der Waals surface area contributed by atoms with Gasteiger partial charge in [0.15, 0.2) is 0 Å². The predicted octanol–water partition coefficient (Wildman–Crippen LogP) is 0.200. The number of hydrogen-bond donors (Lipinski definition) is 3. The summed E-state index contributed by atoms with van der Waals surface area (Å²) in [6.07, 6.45) is -0.734. The Morgan fingerprint density at radius 2 is 1.89 bits per heavy atom. The van der Waals surface area contributed by atoms with Crippen LogP contribution in [0.3, 0.4) is 0 Å². The first-order valence-corrected chi connectivity index (χ1v) is 5.87. The standard InChI is InChI=1S/C11H22N2O5/c1-4-18-8(2)6-12-11(16)13-7-9(17-3)5-10(14)15/h8-9H,4-7H2,1-3H3,(H,14,15)(H2,12,13,16). The van der Waals surface area contributed by atoms with E-state index in [-0.39, 0.29) is 25.1 Å². The molecule has 0 saturated heterocycles. The predicted molar refractivity (Wildman–Crippen MR) is 65.5 cm³/mol. The Bertz CT molecular complexity index is 260. The van der Waals surface area contributed by atoms with Crippen LogP contribution in [0.25, 0.3) is 0 Å². The van der Waals surface area contributed by atoms with E-state index in [1.54, 1.807) is 0 Å². The van der Waals surface area contributed by atoms with Gasteiger partial charge in [0.2, 0.25) is 0 Å². The lowest BCUT2D eigenvalue weighted by atomic mass is 10.2. The fraction of sp³-hybridized carbons (Fsp3) is 0.818. The molecule has 0 aromatic carbocycles. The van der Waals surface area contributed by atoms with Crippen LogP contribution in [0, 0.1) is 0 Å². The molecule has 2 atom stereocenters. The molecular formula is C11H22N2O5. The molecule has 0 saturated carbocycles. The highest BCUT2D eigenvalue weighted by Gasteiger charge is 2.13. The summed E-state index contributed by atoms with van der Waals surface area (Å²) < 4.78 is 10.2. The van der Waals surface area contributed by atoms with Crippen LogP contribution in [0.5, 0.6) is 0 Å². The molecular weight excluding hydrogens is 240 g/mol. The Labute approximate surface area is 107 Å². The largest absolute Gasteiger partial charge is 0.481 e. The average molecular weight is 262 g/mol. The minimum absolute atomic E-state index is 0.0574. The van der Waals surface area contributed by atoms with Crippen molar-refractivity contribution in [2.24, 2.45) is 0 Å². The van der Waals surface area contributed by atoms with Gasteiger partial charge >= 0.3 is 12.0 Å². The Morgan fingerprint density at radius 1 is 1.28 bits per heavy atom. The number of amides is 2. The second kappa shape index (κ2) is 9.67. The van der Waals surface area contributed by atoms with Crippen molar-refractivity contribution in [3.63, 3.8) is 0 Å². The lowest BCUT2D eigenvalue weighted by Crippen LogP contribution is -2.43. The van der Waals surface area contributed by atoms with Crippen LogP contribution >= 0.6 is 0 Å². The van der Waals surface area contributed by atoms with Crippen molar-refractivity contribution in [3.05, 3.63) is 0 Å². The zero-order chi connectivity index (χ0) is 14.0. The number of urea groups is 1. The summed E-state index contributed by atoms with van der Waals surface area (Å²) in [4.78, 5) is 21.9. The van der Waals surface area contributed by atoms with Gasteiger partial charge in [-0.2, -0.15) is 0 Å². The van der Waals surface area contributed by atoms with Crippen LogP contribution in [0.2, 0.25) is 0 Å². The van der Waals surface area contributed by atoms with Crippen LogP contribution in [0.1, 0.15) is 20.3 Å². The van der Waals surface area contributed by atoms with E-state index in [4.69, 9.17) is 14.6 Å². The molecule has 0 fully saturated rings. The van der Waals surface area contributed by atoms with E-state index >= 15 is 0 Å². The van der Waals surface area contributed by atoms with Crippen LogP contribution < -0.4 is 10.6 Å². The molecule has 0 aliphatic carbocycles. The van der Waals surface area contributed by atoms with E-state index < -0.39 is 12.1 Å². The van der Waals surface area contributed by atoms with Gasteiger partial charge in [-0.3, -0.25) is 4.79 Å². The maximum Gasteiger partial charge on any atom is 0.314 e. The third-order valence-electron chi connectivity index (χ3n) is 2.23. The number of carbonyl (C=O) groups excluding carboxylic acids is 1. The highest BCUT2D eigenvalue weighted by atomic mass is 16.5. The van der Waals surface area contributed by atoms with Crippen molar-refractivity contribution in [2.45, 2.75) is 32.5 Å². The van der Waals surface area contributed by atoms with Crippen LogP contribution in [0.15, 0.2) is 0 Å². The number of ether oxygens (including phenoxy) is 2. The minimum atomic E-state index is -0.964. The Morgan fingerprint density at radius 3 is 2.39 bits per heavy atom. The summed E-state index contributed by atoms with van der Waals surface area (Å²) in [6.45, 7) is 4.88. The molecule has 0 heterocycles. The van der Waals surface area contributed by atoms with Gasteiger partial charge in [-0.1, -0.05) is 0 Å². The smallest absolute Gasteiger partial charge is 0.314 e. The van der Waals surface area contributed by atoms with Gasteiger partial charge < -0.3 is 25.2 Å². The van der Waals surface area contributed by atoms with Crippen molar-refractivity contribution < 1.29 is 24.2 Å². The van der Waals surface area contributed by atoms with E-state index in [9.17, 15) is 9.59 Å². The SMILES string of the molecule is CCOC(C)CNC(=O)NCC(CC(=O)O)OC. The molecule has 0 radical (unpaired) electrons. The molecule has 0 aromatic heterocycles. The second-order valence-electron chi connectivity index (χ2n) is 3.81. The lowest BCUT2D eigenvalue weighted by molar-refractivity contribution is -0.139. The molecule has 18 heavy (non-hydrogen) atoms. The van der Waals surface area contributed by atoms with Gasteiger partial charge in [0.25, 0.3) is 0 Å². The lowest BCUT2D eigenvalue weighted by Gasteiger charge is -2.16. The van der Waals surface area contributed by atoms with Crippen molar-refractivity contribution in [3.8, 4) is 0 Å². The Balaban J connectivity index is 3.77. The first-order valence-electron chi connectivity index (χ1n) is 5.87. The fourth-order valence-corrected chi connectivity index (χ4v) is 1.28. The number of carboxylic acid groups (broad SMARTS) is 1. The van der Waals surface area contributed by atoms with Crippen molar-refractivity contribution in [1.29, 1.82) is 0 Å². The second-order valence-corrected chi connectivity index (χ2v) is 3.81. The molecule has 0 spiro atoms. The number of rotatable bonds is 9. The maximum atomic E-state index is 11.4. The normalized spacial score (nSPS) is 13.7. The highest BCUT2D eigenvalue weighted by Crippen LogP contribution is 1.95. The minimum Gasteiger partial charge on any atom is -0.481 e. The summed E-state index contributed by atoms with van der Waals surface area (Å²) in [5, 5.41) is 13.8. The number of carboxylic acids is 1. The molecule has 3 N–H and O–H groups in total. The van der Waals surface area contributed by atoms with E-state index in [1.165, 1.54) is 7.11 Å². The molecule has 0 aliphatic rings. The number of hydrogen-bond acceptors (Lipinski definition) is 4. The van der Waals surface area contributed by atoms with Gasteiger partial charge in [-0.05, 0) is 13.8 Å². The molecule has 0 aliphatic heterocycles. The summed E-state index contributed by atoms with van der Waals surface area (Å²) in [5.41, 5.74) is 0. The van der Waals surface area contributed by atoms with Crippen molar-refractivity contribution in [2.75, 3.05) is 26.8 Å². The molecule has 2 unspecified atom stereocenters. The van der Waals surface area contributed by atoms with Gasteiger partial charge in [0.05, 0.1) is 18.6 Å². The number of carbonyl (C=O) groups is 2. The fourth-order valence-electron chi connectivity index (χ4n) is 1.28. The summed E-state index contributed by atoms with van der Waals surface area (Å²) in [7, 11) is 1.41. The number of nitrogens with one attached hydrogen (secondary N) is 2. The van der Waals surface area contributed by atoms with Crippen LogP contribution in [-0.4, -0.2) is 56.1 Å². The van der Waals surface area contributed by atoms with Gasteiger partial charge in [0, 0.05) is 26.8 Å². The van der Waals surface area contributed by atoms with Crippen LogP contribution in [0.4, 0.5) is 4.79 Å². The highest BCUT2D eigenvalue weighted by molar-refractivity contribution is 5.74. The Kier molecular flexibility index (Phi) is 8.95. The summed E-state index contributed by atoms with van der Waals surface area (Å²) >= 11 is 0. The van der Waals surface area contributed by atoms with Gasteiger partial charge in [0.1, 0.15) is 0 Å². The molecule has 0 bridgehead atoms.